The van der Waals surface area contributed by atoms with E-state index in [0.717, 1.165) is 38.9 Å². The van der Waals surface area contributed by atoms with Gasteiger partial charge in [-0.1, -0.05) is 48.5 Å². The second kappa shape index (κ2) is 4.33. The molecule has 2 heteroatoms. The zero-order chi connectivity index (χ0) is 17.6. The summed E-state index contributed by atoms with van der Waals surface area (Å²) in [5, 5.41) is 22.9. The molecule has 0 spiro atoms. The van der Waals surface area contributed by atoms with Crippen LogP contribution in [0.4, 0.5) is 0 Å². The highest BCUT2D eigenvalue weighted by Crippen LogP contribution is 2.63. The van der Waals surface area contributed by atoms with E-state index in [1.807, 2.05) is 38.1 Å². The number of phenols is 1. The summed E-state index contributed by atoms with van der Waals surface area (Å²) in [6, 6.07) is 18.0. The number of aryl methyl sites for hydroxylation is 2. The van der Waals surface area contributed by atoms with Gasteiger partial charge in [-0.05, 0) is 54.7 Å². The highest BCUT2D eigenvalue weighted by atomic mass is 16.3. The highest BCUT2D eigenvalue weighted by Gasteiger charge is 2.58. The van der Waals surface area contributed by atoms with Crippen molar-refractivity contribution in [1.29, 1.82) is 0 Å². The third-order valence-corrected chi connectivity index (χ3v) is 6.29. The van der Waals surface area contributed by atoms with Gasteiger partial charge in [0.1, 0.15) is 11.4 Å². The van der Waals surface area contributed by atoms with Crippen molar-refractivity contribution in [1.82, 2.24) is 0 Å². The van der Waals surface area contributed by atoms with Crippen molar-refractivity contribution in [3.63, 3.8) is 0 Å². The van der Waals surface area contributed by atoms with Crippen LogP contribution >= 0.6 is 0 Å². The van der Waals surface area contributed by atoms with Gasteiger partial charge in [-0.2, -0.15) is 0 Å². The number of aliphatic hydroxyl groups is 1. The quantitative estimate of drug-likeness (QED) is 0.647. The maximum absolute atomic E-state index is 12.2. The van der Waals surface area contributed by atoms with E-state index in [1.165, 1.54) is 0 Å². The summed E-state index contributed by atoms with van der Waals surface area (Å²) in [4.78, 5) is 0. The number of aromatic hydroxyl groups is 1. The SMILES string of the molecule is Cc1cccc2c1C1(O)c3c(C)cccc3C2(C)c2cccc(O)c21. The second-order valence-corrected chi connectivity index (χ2v) is 7.53. The molecule has 3 aliphatic rings. The fraction of sp³-hybridized carbons (Fsp3) is 0.217. The number of hydrogen-bond donors (Lipinski definition) is 2. The third-order valence-electron chi connectivity index (χ3n) is 6.29. The van der Waals surface area contributed by atoms with Crippen molar-refractivity contribution in [3.8, 4) is 5.75 Å². The van der Waals surface area contributed by atoms with Gasteiger partial charge in [-0.15, -0.1) is 0 Å². The smallest absolute Gasteiger partial charge is 0.145 e. The molecule has 0 aromatic heterocycles. The van der Waals surface area contributed by atoms with E-state index in [2.05, 4.69) is 31.2 Å². The van der Waals surface area contributed by atoms with E-state index in [1.54, 1.807) is 6.07 Å². The summed E-state index contributed by atoms with van der Waals surface area (Å²) in [6.07, 6.45) is 0. The Hall–Kier alpha value is -2.58. The molecule has 6 rings (SSSR count). The van der Waals surface area contributed by atoms with Gasteiger partial charge in [0.25, 0.3) is 0 Å². The number of phenolic OH excluding ortho intramolecular Hbond substituents is 1. The zero-order valence-electron chi connectivity index (χ0n) is 14.6. The van der Waals surface area contributed by atoms with Crippen LogP contribution < -0.4 is 0 Å². The standard InChI is InChI=1S/C23H20O2/c1-13-7-4-9-15-19(13)23(25)20-14(2)8-5-10-16(20)22(15,3)17-11-6-12-18(24)21(17)23/h4-12,24-25H,1-3H3. The molecule has 3 aliphatic carbocycles. The van der Waals surface area contributed by atoms with Crippen molar-refractivity contribution >= 4 is 0 Å². The average Bonchev–Trinajstić information content (AvgIpc) is 2.58. The molecule has 0 unspecified atom stereocenters. The van der Waals surface area contributed by atoms with Gasteiger partial charge in [0.2, 0.25) is 0 Å². The Morgan fingerprint density at radius 2 is 1.12 bits per heavy atom. The van der Waals surface area contributed by atoms with Gasteiger partial charge >= 0.3 is 0 Å². The number of rotatable bonds is 0. The van der Waals surface area contributed by atoms with E-state index >= 15 is 0 Å². The largest absolute Gasteiger partial charge is 0.508 e. The predicted octanol–water partition coefficient (Wildman–Crippen LogP) is 4.27. The lowest BCUT2D eigenvalue weighted by Crippen LogP contribution is -2.50. The lowest BCUT2D eigenvalue weighted by atomic mass is 9.50. The Labute approximate surface area is 147 Å². The first-order chi connectivity index (χ1) is 11.9. The molecule has 3 aromatic rings. The molecule has 0 atom stereocenters. The minimum absolute atomic E-state index is 0.161. The Morgan fingerprint density at radius 1 is 0.680 bits per heavy atom. The molecule has 0 saturated heterocycles. The molecule has 0 saturated carbocycles. The molecule has 3 aromatic carbocycles. The van der Waals surface area contributed by atoms with Crippen LogP contribution in [0.25, 0.3) is 0 Å². The Kier molecular flexibility index (Phi) is 2.55. The molecular weight excluding hydrogens is 308 g/mol. The van der Waals surface area contributed by atoms with Gasteiger partial charge in [-0.25, -0.2) is 0 Å². The van der Waals surface area contributed by atoms with E-state index in [-0.39, 0.29) is 11.2 Å². The molecule has 0 amide bonds. The fourth-order valence-electron chi connectivity index (χ4n) is 5.28. The molecule has 2 bridgehead atoms. The maximum Gasteiger partial charge on any atom is 0.145 e. The fourth-order valence-corrected chi connectivity index (χ4v) is 5.28. The van der Waals surface area contributed by atoms with Crippen molar-refractivity contribution < 1.29 is 10.2 Å². The van der Waals surface area contributed by atoms with Gasteiger partial charge in [0.15, 0.2) is 0 Å². The normalized spacial score (nSPS) is 25.3. The monoisotopic (exact) mass is 328 g/mol. The average molecular weight is 328 g/mol. The van der Waals surface area contributed by atoms with Gasteiger partial charge in [0, 0.05) is 22.1 Å². The van der Waals surface area contributed by atoms with Crippen molar-refractivity contribution in [3.05, 3.63) is 99.1 Å². The lowest BCUT2D eigenvalue weighted by Gasteiger charge is -2.54. The highest BCUT2D eigenvalue weighted by molar-refractivity contribution is 5.77. The molecule has 0 heterocycles. The topological polar surface area (TPSA) is 40.5 Å². The molecule has 0 aliphatic heterocycles. The molecule has 124 valence electrons. The van der Waals surface area contributed by atoms with Crippen molar-refractivity contribution in [2.45, 2.75) is 31.8 Å². The molecule has 2 nitrogen and oxygen atoms in total. The van der Waals surface area contributed by atoms with Crippen molar-refractivity contribution in [2.75, 3.05) is 0 Å². The Morgan fingerprint density at radius 3 is 1.64 bits per heavy atom. The van der Waals surface area contributed by atoms with E-state index in [0.29, 0.717) is 5.56 Å². The maximum atomic E-state index is 12.2. The van der Waals surface area contributed by atoms with Crippen LogP contribution in [0.5, 0.6) is 5.75 Å². The minimum atomic E-state index is -1.32. The summed E-state index contributed by atoms with van der Waals surface area (Å²) in [7, 11) is 0. The lowest BCUT2D eigenvalue weighted by molar-refractivity contribution is 0.103. The van der Waals surface area contributed by atoms with Crippen molar-refractivity contribution in [2.24, 2.45) is 0 Å². The molecule has 2 N–H and O–H groups in total. The number of hydrogen-bond acceptors (Lipinski definition) is 2. The van der Waals surface area contributed by atoms with Gasteiger partial charge < -0.3 is 10.2 Å². The van der Waals surface area contributed by atoms with E-state index < -0.39 is 5.60 Å². The Balaban J connectivity index is 2.10. The molecule has 25 heavy (non-hydrogen) atoms. The van der Waals surface area contributed by atoms with E-state index in [4.69, 9.17) is 0 Å². The van der Waals surface area contributed by atoms with Gasteiger partial charge in [-0.3, -0.25) is 0 Å². The summed E-state index contributed by atoms with van der Waals surface area (Å²) in [5.41, 5.74) is 6.13. The van der Waals surface area contributed by atoms with Crippen LogP contribution in [-0.4, -0.2) is 10.2 Å². The van der Waals surface area contributed by atoms with Crippen LogP contribution in [0.3, 0.4) is 0 Å². The minimum Gasteiger partial charge on any atom is -0.508 e. The number of benzene rings is 3. The first-order valence-corrected chi connectivity index (χ1v) is 8.68. The summed E-state index contributed by atoms with van der Waals surface area (Å²) in [5.74, 6) is 0.161. The van der Waals surface area contributed by atoms with E-state index in [9.17, 15) is 10.2 Å². The second-order valence-electron chi connectivity index (χ2n) is 7.53. The zero-order valence-corrected chi connectivity index (χ0v) is 14.6. The summed E-state index contributed by atoms with van der Waals surface area (Å²) < 4.78 is 0. The first kappa shape index (κ1) is 14.7. The third kappa shape index (κ3) is 1.42. The predicted molar refractivity (Wildman–Crippen MR) is 98.1 cm³/mol. The van der Waals surface area contributed by atoms with Crippen LogP contribution in [-0.2, 0) is 11.0 Å². The molecule has 0 fully saturated rings. The summed E-state index contributed by atoms with van der Waals surface area (Å²) >= 11 is 0. The van der Waals surface area contributed by atoms with Crippen LogP contribution in [0.2, 0.25) is 0 Å². The first-order valence-electron chi connectivity index (χ1n) is 8.68. The van der Waals surface area contributed by atoms with Gasteiger partial charge in [0.05, 0.1) is 0 Å². The summed E-state index contributed by atoms with van der Waals surface area (Å²) in [6.45, 7) is 6.29. The van der Waals surface area contributed by atoms with Crippen LogP contribution in [0.15, 0.2) is 54.6 Å². The van der Waals surface area contributed by atoms with Crippen LogP contribution in [0.1, 0.15) is 51.4 Å². The molecule has 0 radical (unpaired) electrons. The molecular formula is C23H20O2. The Bertz CT molecular complexity index is 929. The van der Waals surface area contributed by atoms with Crippen LogP contribution in [0, 0.1) is 13.8 Å².